The first-order chi connectivity index (χ1) is 12.5. The van der Waals surface area contributed by atoms with E-state index in [1.54, 1.807) is 36.4 Å². The monoisotopic (exact) mass is 398 g/mol. The van der Waals surface area contributed by atoms with E-state index in [1.165, 1.54) is 14.2 Å². The van der Waals surface area contributed by atoms with Crippen molar-refractivity contribution in [2.45, 2.75) is 0 Å². The number of rotatable bonds is 6. The van der Waals surface area contributed by atoms with Crippen LogP contribution in [0.4, 0.5) is 11.4 Å². The van der Waals surface area contributed by atoms with Gasteiger partial charge < -0.3 is 9.47 Å². The highest BCUT2D eigenvalue weighted by atomic mass is 35.5. The second-order valence-electron chi connectivity index (χ2n) is 4.79. The SMILES string of the molecule is COc1cccc(Cl)c1NNC(=O)C(=O)NNc1c(Cl)cccc1OC. The van der Waals surface area contributed by atoms with Crippen LogP contribution in [0.25, 0.3) is 0 Å². The molecule has 8 nitrogen and oxygen atoms in total. The number of methoxy groups -OCH3 is 2. The van der Waals surface area contributed by atoms with Gasteiger partial charge in [-0.15, -0.1) is 0 Å². The van der Waals surface area contributed by atoms with Crippen molar-refractivity contribution in [1.29, 1.82) is 0 Å². The summed E-state index contributed by atoms with van der Waals surface area (Å²) in [5.74, 6) is -1.13. The number of carbonyl (C=O) groups excluding carboxylic acids is 2. The zero-order valence-electron chi connectivity index (χ0n) is 13.9. The van der Waals surface area contributed by atoms with Crippen LogP contribution in [0.5, 0.6) is 11.5 Å². The van der Waals surface area contributed by atoms with Gasteiger partial charge in [0.05, 0.1) is 24.3 Å². The second-order valence-corrected chi connectivity index (χ2v) is 5.61. The van der Waals surface area contributed by atoms with E-state index in [-0.39, 0.29) is 0 Å². The van der Waals surface area contributed by atoms with Crippen LogP contribution in [-0.2, 0) is 9.59 Å². The Morgan fingerprint density at radius 1 is 0.769 bits per heavy atom. The van der Waals surface area contributed by atoms with Gasteiger partial charge in [-0.3, -0.25) is 31.3 Å². The summed E-state index contributed by atoms with van der Waals surface area (Å²) in [7, 11) is 2.90. The molecular weight excluding hydrogens is 383 g/mol. The minimum atomic E-state index is -0.967. The summed E-state index contributed by atoms with van der Waals surface area (Å²) in [5, 5.41) is 0.618. The minimum Gasteiger partial charge on any atom is -0.494 e. The Bertz CT molecular complexity index is 749. The Morgan fingerprint density at radius 2 is 1.15 bits per heavy atom. The van der Waals surface area contributed by atoms with E-state index in [1.807, 2.05) is 0 Å². The Morgan fingerprint density at radius 3 is 1.50 bits per heavy atom. The van der Waals surface area contributed by atoms with Gasteiger partial charge in [0.1, 0.15) is 22.9 Å². The summed E-state index contributed by atoms with van der Waals surface area (Å²) < 4.78 is 10.2. The Balaban J connectivity index is 1.96. The molecule has 0 fully saturated rings. The van der Waals surface area contributed by atoms with E-state index in [9.17, 15) is 9.59 Å². The third-order valence-corrected chi connectivity index (χ3v) is 3.83. The van der Waals surface area contributed by atoms with E-state index < -0.39 is 11.8 Å². The lowest BCUT2D eigenvalue weighted by Gasteiger charge is -2.15. The topological polar surface area (TPSA) is 101 Å². The number of amides is 2. The first-order valence-corrected chi connectivity index (χ1v) is 8.00. The molecule has 2 rings (SSSR count). The highest BCUT2D eigenvalue weighted by Gasteiger charge is 2.16. The third kappa shape index (κ3) is 4.62. The molecule has 4 N–H and O–H groups in total. The van der Waals surface area contributed by atoms with Crippen LogP contribution in [0, 0.1) is 0 Å². The quantitative estimate of drug-likeness (QED) is 0.440. The van der Waals surface area contributed by atoms with E-state index in [0.29, 0.717) is 32.9 Å². The number of carbonyl (C=O) groups is 2. The summed E-state index contributed by atoms with van der Waals surface area (Å²) in [4.78, 5) is 23.8. The molecule has 0 radical (unpaired) electrons. The number of hydrogen-bond donors (Lipinski definition) is 4. The smallest absolute Gasteiger partial charge is 0.329 e. The van der Waals surface area contributed by atoms with Crippen molar-refractivity contribution >= 4 is 46.4 Å². The van der Waals surface area contributed by atoms with Crippen LogP contribution >= 0.6 is 23.2 Å². The number of nitrogens with one attached hydrogen (secondary N) is 4. The summed E-state index contributed by atoms with van der Waals surface area (Å²) in [6.45, 7) is 0. The molecule has 0 aliphatic rings. The Kier molecular flexibility index (Phi) is 6.76. The molecule has 2 amide bonds. The number of hydrazine groups is 2. The lowest BCUT2D eigenvalue weighted by atomic mass is 10.3. The van der Waals surface area contributed by atoms with Crippen molar-refractivity contribution in [2.24, 2.45) is 0 Å². The molecule has 26 heavy (non-hydrogen) atoms. The minimum absolute atomic E-state index is 0.309. The van der Waals surface area contributed by atoms with Gasteiger partial charge in [-0.1, -0.05) is 35.3 Å². The van der Waals surface area contributed by atoms with Crippen LogP contribution in [0.2, 0.25) is 10.0 Å². The summed E-state index contributed by atoms with van der Waals surface area (Å²) in [6.07, 6.45) is 0. The van der Waals surface area contributed by atoms with Crippen molar-refractivity contribution < 1.29 is 19.1 Å². The average molecular weight is 399 g/mol. The van der Waals surface area contributed by atoms with Crippen molar-refractivity contribution in [3.8, 4) is 11.5 Å². The predicted molar refractivity (Wildman–Crippen MR) is 99.5 cm³/mol. The molecule has 0 heterocycles. The predicted octanol–water partition coefficient (Wildman–Crippen LogP) is 2.60. The number of para-hydroxylation sites is 2. The molecule has 0 saturated carbocycles. The molecule has 0 unspecified atom stereocenters. The maximum Gasteiger partial charge on any atom is 0.329 e. The fraction of sp³-hybridized carbons (Fsp3) is 0.125. The van der Waals surface area contributed by atoms with Crippen molar-refractivity contribution in [3.63, 3.8) is 0 Å². The first-order valence-electron chi connectivity index (χ1n) is 7.25. The Hall–Kier alpha value is -2.84. The molecule has 2 aromatic carbocycles. The van der Waals surface area contributed by atoms with E-state index in [4.69, 9.17) is 32.7 Å². The number of ether oxygens (including phenoxy) is 2. The molecule has 0 saturated heterocycles. The molecular formula is C16H16Cl2N4O4. The fourth-order valence-electron chi connectivity index (χ4n) is 1.94. The van der Waals surface area contributed by atoms with Crippen LogP contribution in [0.3, 0.4) is 0 Å². The second kappa shape index (κ2) is 9.02. The summed E-state index contributed by atoms with van der Waals surface area (Å²) in [5.41, 5.74) is 10.2. The fourth-order valence-corrected chi connectivity index (χ4v) is 2.37. The van der Waals surface area contributed by atoms with Crippen LogP contribution in [0.15, 0.2) is 36.4 Å². The Labute approximate surface area is 159 Å². The normalized spacial score (nSPS) is 9.85. The van der Waals surface area contributed by atoms with Gasteiger partial charge >= 0.3 is 11.8 Å². The number of benzene rings is 2. The van der Waals surface area contributed by atoms with Gasteiger partial charge in [-0.2, -0.15) is 0 Å². The van der Waals surface area contributed by atoms with E-state index in [0.717, 1.165) is 0 Å². The molecule has 0 bridgehead atoms. The molecule has 0 spiro atoms. The molecule has 0 aliphatic heterocycles. The maximum absolute atomic E-state index is 11.9. The summed E-state index contributed by atoms with van der Waals surface area (Å²) >= 11 is 12.1. The standard InChI is InChI=1S/C16H16Cl2N4O4/c1-25-11-7-3-5-9(17)13(11)19-21-15(23)16(24)22-20-14-10(18)6-4-8-12(14)26-2/h3-8,19-20H,1-2H3,(H,21,23)(H,22,24). The van der Waals surface area contributed by atoms with Crippen molar-refractivity contribution in [1.82, 2.24) is 10.9 Å². The molecule has 0 aromatic heterocycles. The zero-order valence-corrected chi connectivity index (χ0v) is 15.4. The lowest BCUT2D eigenvalue weighted by Crippen LogP contribution is -2.44. The van der Waals surface area contributed by atoms with Crippen LogP contribution in [-0.4, -0.2) is 26.0 Å². The summed E-state index contributed by atoms with van der Waals surface area (Å²) in [6, 6.07) is 9.86. The number of hydrogen-bond acceptors (Lipinski definition) is 6. The highest BCUT2D eigenvalue weighted by molar-refractivity contribution is 6.36. The van der Waals surface area contributed by atoms with Gasteiger partial charge in [0.2, 0.25) is 0 Å². The van der Waals surface area contributed by atoms with Gasteiger partial charge in [0, 0.05) is 0 Å². The van der Waals surface area contributed by atoms with Crippen LogP contribution < -0.4 is 31.2 Å². The lowest BCUT2D eigenvalue weighted by molar-refractivity contribution is -0.138. The van der Waals surface area contributed by atoms with Gasteiger partial charge in [-0.05, 0) is 24.3 Å². The first kappa shape index (κ1) is 19.5. The number of halogens is 2. The largest absolute Gasteiger partial charge is 0.494 e. The van der Waals surface area contributed by atoms with E-state index >= 15 is 0 Å². The molecule has 2 aromatic rings. The maximum atomic E-state index is 11.9. The van der Waals surface area contributed by atoms with E-state index in [2.05, 4.69) is 21.7 Å². The number of anilines is 2. The molecule has 10 heteroatoms. The van der Waals surface area contributed by atoms with Gasteiger partial charge in [0.25, 0.3) is 0 Å². The molecule has 0 atom stereocenters. The highest BCUT2D eigenvalue weighted by Crippen LogP contribution is 2.32. The average Bonchev–Trinajstić information content (AvgIpc) is 2.64. The zero-order chi connectivity index (χ0) is 19.1. The molecule has 0 aliphatic carbocycles. The van der Waals surface area contributed by atoms with Gasteiger partial charge in [0.15, 0.2) is 0 Å². The van der Waals surface area contributed by atoms with Crippen molar-refractivity contribution in [3.05, 3.63) is 46.4 Å². The third-order valence-electron chi connectivity index (χ3n) is 3.20. The van der Waals surface area contributed by atoms with Gasteiger partial charge in [-0.25, -0.2) is 0 Å². The molecule has 138 valence electrons. The van der Waals surface area contributed by atoms with Crippen LogP contribution in [0.1, 0.15) is 0 Å². The van der Waals surface area contributed by atoms with Crippen molar-refractivity contribution in [2.75, 3.05) is 25.1 Å².